The fourth-order valence-electron chi connectivity index (χ4n) is 4.09. The van der Waals surface area contributed by atoms with E-state index in [1.54, 1.807) is 4.57 Å². The fourth-order valence-corrected chi connectivity index (χ4v) is 4.09. The summed E-state index contributed by atoms with van der Waals surface area (Å²) in [6.45, 7) is 6.56. The first-order chi connectivity index (χ1) is 14.7. The predicted octanol–water partition coefficient (Wildman–Crippen LogP) is 2.44. The molecule has 1 aliphatic rings. The molecule has 1 N–H and O–H groups in total. The van der Waals surface area contributed by atoms with Crippen LogP contribution in [-0.2, 0) is 13.1 Å². The Balaban J connectivity index is 1.52. The molecule has 0 radical (unpaired) electrons. The first-order valence-electron chi connectivity index (χ1n) is 10.9. The second-order valence-electron chi connectivity index (χ2n) is 7.74. The molecule has 3 aromatic rings. The number of quaternary nitrogens is 1. The highest BCUT2D eigenvalue weighted by Crippen LogP contribution is 2.17. The van der Waals surface area contributed by atoms with Gasteiger partial charge in [0.05, 0.1) is 37.1 Å². The molecule has 6 nitrogen and oxygen atoms in total. The number of fused-ring (bicyclic) bond motifs is 1. The summed E-state index contributed by atoms with van der Waals surface area (Å²) in [7, 11) is 0. The van der Waals surface area contributed by atoms with Crippen molar-refractivity contribution in [3.05, 3.63) is 64.7 Å². The second-order valence-corrected chi connectivity index (χ2v) is 7.74. The zero-order chi connectivity index (χ0) is 20.8. The van der Waals surface area contributed by atoms with E-state index in [2.05, 4.69) is 0 Å². The van der Waals surface area contributed by atoms with E-state index in [0.29, 0.717) is 25.1 Å². The molecule has 1 fully saturated rings. The van der Waals surface area contributed by atoms with Gasteiger partial charge < -0.3 is 14.4 Å². The van der Waals surface area contributed by atoms with Gasteiger partial charge in [-0.05, 0) is 62.6 Å². The molecule has 1 saturated heterocycles. The van der Waals surface area contributed by atoms with Crippen LogP contribution in [-0.4, -0.2) is 35.9 Å². The number of nitrogens with zero attached hydrogens (tertiary/aromatic N) is 2. The molecule has 0 amide bonds. The van der Waals surface area contributed by atoms with Crippen molar-refractivity contribution in [2.75, 3.05) is 26.3 Å². The smallest absolute Gasteiger partial charge is 0.261 e. The van der Waals surface area contributed by atoms with E-state index >= 15 is 0 Å². The zero-order valence-electron chi connectivity index (χ0n) is 17.6. The third kappa shape index (κ3) is 4.82. The van der Waals surface area contributed by atoms with E-state index in [4.69, 9.17) is 14.5 Å². The van der Waals surface area contributed by atoms with Crippen molar-refractivity contribution in [3.8, 4) is 11.5 Å². The van der Waals surface area contributed by atoms with Crippen LogP contribution >= 0.6 is 0 Å². The van der Waals surface area contributed by atoms with Crippen molar-refractivity contribution in [1.82, 2.24) is 9.55 Å². The van der Waals surface area contributed by atoms with Crippen molar-refractivity contribution < 1.29 is 14.4 Å². The summed E-state index contributed by atoms with van der Waals surface area (Å²) in [5, 5.41) is 0.663. The van der Waals surface area contributed by atoms with Gasteiger partial charge in [0.15, 0.2) is 5.82 Å². The van der Waals surface area contributed by atoms with Crippen LogP contribution < -0.4 is 19.9 Å². The van der Waals surface area contributed by atoms with Crippen molar-refractivity contribution >= 4 is 10.9 Å². The molecular formula is C24H30N3O3+. The minimum absolute atomic E-state index is 0.0160. The molecule has 1 aromatic heterocycles. The SMILES string of the molecule is CCOc1ccc(OCCn2c(C[NH+]3CCCCC3)nc3ccccc3c2=O)cc1. The minimum Gasteiger partial charge on any atom is -0.494 e. The van der Waals surface area contributed by atoms with Gasteiger partial charge in [-0.1, -0.05) is 12.1 Å². The Morgan fingerprint density at radius 2 is 1.67 bits per heavy atom. The Labute approximate surface area is 177 Å². The van der Waals surface area contributed by atoms with Gasteiger partial charge in [0.1, 0.15) is 24.7 Å². The highest BCUT2D eigenvalue weighted by Gasteiger charge is 2.19. The van der Waals surface area contributed by atoms with Gasteiger partial charge >= 0.3 is 0 Å². The van der Waals surface area contributed by atoms with Gasteiger partial charge in [0, 0.05) is 0 Å². The number of rotatable bonds is 8. The molecule has 0 spiro atoms. The largest absolute Gasteiger partial charge is 0.494 e. The Morgan fingerprint density at radius 3 is 2.40 bits per heavy atom. The van der Waals surface area contributed by atoms with Crippen LogP contribution in [0.2, 0.25) is 0 Å². The molecule has 30 heavy (non-hydrogen) atoms. The maximum atomic E-state index is 13.2. The summed E-state index contributed by atoms with van der Waals surface area (Å²) in [6, 6.07) is 15.2. The Morgan fingerprint density at radius 1 is 0.967 bits per heavy atom. The molecule has 158 valence electrons. The number of ether oxygens (including phenoxy) is 2. The standard InChI is InChI=1S/C24H29N3O3/c1-2-29-19-10-12-20(13-11-19)30-17-16-27-23(18-26-14-6-3-7-15-26)25-22-9-5-4-8-21(22)24(27)28/h4-5,8-13H,2-3,6-7,14-18H2,1H3/p+1. The highest BCUT2D eigenvalue weighted by molar-refractivity contribution is 5.77. The average Bonchev–Trinajstić information content (AvgIpc) is 2.78. The molecule has 0 aliphatic carbocycles. The molecule has 4 rings (SSSR count). The van der Waals surface area contributed by atoms with Gasteiger partial charge in [-0.3, -0.25) is 9.36 Å². The Bertz CT molecular complexity index is 1020. The number of hydrogen-bond donors (Lipinski definition) is 1. The lowest BCUT2D eigenvalue weighted by Crippen LogP contribution is -3.11. The van der Waals surface area contributed by atoms with Gasteiger partial charge in [0.25, 0.3) is 5.56 Å². The number of nitrogens with one attached hydrogen (secondary N) is 1. The van der Waals surface area contributed by atoms with Crippen molar-refractivity contribution in [2.45, 2.75) is 39.3 Å². The van der Waals surface area contributed by atoms with E-state index in [1.807, 2.05) is 55.5 Å². The molecule has 0 bridgehead atoms. The summed E-state index contributed by atoms with van der Waals surface area (Å²) < 4.78 is 13.2. The summed E-state index contributed by atoms with van der Waals surface area (Å²) in [4.78, 5) is 19.6. The summed E-state index contributed by atoms with van der Waals surface area (Å²) in [6.07, 6.45) is 3.79. The first kappa shape index (κ1) is 20.4. The van der Waals surface area contributed by atoms with Crippen LogP contribution in [0.25, 0.3) is 10.9 Å². The lowest BCUT2D eigenvalue weighted by atomic mass is 10.1. The lowest BCUT2D eigenvalue weighted by molar-refractivity contribution is -0.919. The van der Waals surface area contributed by atoms with Crippen LogP contribution in [0.15, 0.2) is 53.3 Å². The zero-order valence-corrected chi connectivity index (χ0v) is 17.6. The van der Waals surface area contributed by atoms with Gasteiger partial charge in [0.2, 0.25) is 0 Å². The average molecular weight is 409 g/mol. The van der Waals surface area contributed by atoms with Crippen molar-refractivity contribution in [1.29, 1.82) is 0 Å². The molecule has 2 heterocycles. The molecular weight excluding hydrogens is 378 g/mol. The topological polar surface area (TPSA) is 57.8 Å². The highest BCUT2D eigenvalue weighted by atomic mass is 16.5. The lowest BCUT2D eigenvalue weighted by Gasteiger charge is -2.24. The molecule has 1 aliphatic heterocycles. The molecule has 0 unspecified atom stereocenters. The summed E-state index contributed by atoms with van der Waals surface area (Å²) in [5.74, 6) is 2.45. The number of para-hydroxylation sites is 1. The van der Waals surface area contributed by atoms with Crippen LogP contribution in [0.4, 0.5) is 0 Å². The van der Waals surface area contributed by atoms with Gasteiger partial charge in [-0.25, -0.2) is 4.98 Å². The van der Waals surface area contributed by atoms with Crippen molar-refractivity contribution in [2.24, 2.45) is 0 Å². The maximum Gasteiger partial charge on any atom is 0.261 e. The minimum atomic E-state index is 0.0160. The van der Waals surface area contributed by atoms with Crippen molar-refractivity contribution in [3.63, 3.8) is 0 Å². The predicted molar refractivity (Wildman–Crippen MR) is 117 cm³/mol. The molecule has 6 heteroatoms. The summed E-state index contributed by atoms with van der Waals surface area (Å²) in [5.41, 5.74) is 0.792. The van der Waals surface area contributed by atoms with E-state index in [-0.39, 0.29) is 5.56 Å². The normalized spacial score (nSPS) is 14.7. The second kappa shape index (κ2) is 9.76. The fraction of sp³-hybridized carbons (Fsp3) is 0.417. The van der Waals surface area contributed by atoms with Crippen LogP contribution in [0, 0.1) is 0 Å². The quantitative estimate of drug-likeness (QED) is 0.622. The van der Waals surface area contributed by atoms with Gasteiger partial charge in [-0.15, -0.1) is 0 Å². The molecule has 2 aromatic carbocycles. The number of benzene rings is 2. The number of likely N-dealkylation sites (tertiary alicyclic amines) is 1. The third-order valence-electron chi connectivity index (χ3n) is 5.63. The number of hydrogen-bond acceptors (Lipinski definition) is 4. The van der Waals surface area contributed by atoms with Crippen LogP contribution in [0.3, 0.4) is 0 Å². The third-order valence-corrected chi connectivity index (χ3v) is 5.63. The molecule has 0 saturated carbocycles. The van der Waals surface area contributed by atoms with E-state index in [1.165, 1.54) is 24.2 Å². The maximum absolute atomic E-state index is 13.2. The van der Waals surface area contributed by atoms with E-state index in [0.717, 1.165) is 42.5 Å². The van der Waals surface area contributed by atoms with Gasteiger partial charge in [-0.2, -0.15) is 0 Å². The summed E-state index contributed by atoms with van der Waals surface area (Å²) >= 11 is 0. The number of aromatic nitrogens is 2. The Hall–Kier alpha value is -2.86. The van der Waals surface area contributed by atoms with E-state index < -0.39 is 0 Å². The van der Waals surface area contributed by atoms with Crippen LogP contribution in [0.1, 0.15) is 32.0 Å². The molecule has 0 atom stereocenters. The first-order valence-corrected chi connectivity index (χ1v) is 10.9. The Kier molecular flexibility index (Phi) is 6.64. The van der Waals surface area contributed by atoms with E-state index in [9.17, 15) is 4.79 Å². The monoisotopic (exact) mass is 408 g/mol. The van der Waals surface area contributed by atoms with Crippen LogP contribution in [0.5, 0.6) is 11.5 Å². The number of piperidine rings is 1.